The predicted octanol–water partition coefficient (Wildman–Crippen LogP) is 6.67. The van der Waals surface area contributed by atoms with Crippen molar-refractivity contribution in [1.29, 1.82) is 0 Å². The average molecular weight is 531 g/mol. The van der Waals surface area contributed by atoms with Crippen LogP contribution in [0.5, 0.6) is 11.5 Å². The highest BCUT2D eigenvalue weighted by molar-refractivity contribution is 5.95. The number of para-hydroxylation sites is 1. The molecule has 5 rings (SSSR count). The second-order valence-corrected chi connectivity index (χ2v) is 9.08. The van der Waals surface area contributed by atoms with Crippen LogP contribution in [0, 0.1) is 0 Å². The SMILES string of the molecule is CCCOc1ccc(C(=O)NN=Cc2cn(-c3ccccc3)nc2-c2ccc(OCc3ccccc3)cc2)cc1. The number of aromatic nitrogens is 2. The van der Waals surface area contributed by atoms with Crippen LogP contribution in [0.3, 0.4) is 0 Å². The molecule has 1 amide bonds. The zero-order valence-corrected chi connectivity index (χ0v) is 22.2. The molecule has 0 saturated carbocycles. The molecule has 1 aromatic heterocycles. The summed E-state index contributed by atoms with van der Waals surface area (Å²) in [6, 6.07) is 34.7. The molecule has 40 heavy (non-hydrogen) atoms. The van der Waals surface area contributed by atoms with Crippen molar-refractivity contribution in [2.24, 2.45) is 5.10 Å². The molecule has 7 heteroatoms. The number of nitrogens with zero attached hydrogens (tertiary/aromatic N) is 3. The Labute approximate surface area is 233 Å². The number of carbonyl (C=O) groups excluding carboxylic acids is 1. The lowest BCUT2D eigenvalue weighted by molar-refractivity contribution is 0.0955. The molecule has 4 aromatic carbocycles. The van der Waals surface area contributed by atoms with E-state index in [1.807, 2.05) is 98.0 Å². The van der Waals surface area contributed by atoms with Crippen LogP contribution in [-0.2, 0) is 6.61 Å². The Morgan fingerprint density at radius 1 is 0.850 bits per heavy atom. The number of rotatable bonds is 11. The first kappa shape index (κ1) is 26.4. The normalized spacial score (nSPS) is 10.9. The van der Waals surface area contributed by atoms with Crippen molar-refractivity contribution < 1.29 is 14.3 Å². The molecule has 0 atom stereocenters. The highest BCUT2D eigenvalue weighted by Gasteiger charge is 2.12. The zero-order chi connectivity index (χ0) is 27.6. The third kappa shape index (κ3) is 6.82. The van der Waals surface area contributed by atoms with Gasteiger partial charge in [-0.2, -0.15) is 10.2 Å². The minimum Gasteiger partial charge on any atom is -0.494 e. The molecule has 7 nitrogen and oxygen atoms in total. The summed E-state index contributed by atoms with van der Waals surface area (Å²) < 4.78 is 13.3. The van der Waals surface area contributed by atoms with E-state index in [4.69, 9.17) is 14.6 Å². The number of hydrogen-bond acceptors (Lipinski definition) is 5. The van der Waals surface area contributed by atoms with Gasteiger partial charge in [0.1, 0.15) is 23.8 Å². The second kappa shape index (κ2) is 13.1. The summed E-state index contributed by atoms with van der Waals surface area (Å²) >= 11 is 0. The number of hydrazone groups is 1. The summed E-state index contributed by atoms with van der Waals surface area (Å²) in [5.41, 5.74) is 7.51. The number of carbonyl (C=O) groups is 1. The lowest BCUT2D eigenvalue weighted by Crippen LogP contribution is -2.17. The fourth-order valence-corrected chi connectivity index (χ4v) is 4.02. The maximum Gasteiger partial charge on any atom is 0.271 e. The molecular weight excluding hydrogens is 500 g/mol. The Balaban J connectivity index is 1.32. The van der Waals surface area contributed by atoms with E-state index in [1.165, 1.54) is 0 Å². The Kier molecular flexibility index (Phi) is 8.63. The smallest absolute Gasteiger partial charge is 0.271 e. The van der Waals surface area contributed by atoms with E-state index < -0.39 is 0 Å². The van der Waals surface area contributed by atoms with Gasteiger partial charge in [-0.05, 0) is 72.6 Å². The zero-order valence-electron chi connectivity index (χ0n) is 22.2. The lowest BCUT2D eigenvalue weighted by Gasteiger charge is -2.07. The molecule has 5 aromatic rings. The van der Waals surface area contributed by atoms with Crippen molar-refractivity contribution in [1.82, 2.24) is 15.2 Å². The van der Waals surface area contributed by atoms with E-state index >= 15 is 0 Å². The van der Waals surface area contributed by atoms with Crippen LogP contribution in [0.15, 0.2) is 120 Å². The van der Waals surface area contributed by atoms with Gasteiger partial charge in [0.2, 0.25) is 0 Å². The average Bonchev–Trinajstić information content (AvgIpc) is 3.44. The second-order valence-electron chi connectivity index (χ2n) is 9.08. The predicted molar refractivity (Wildman–Crippen MR) is 157 cm³/mol. The Morgan fingerprint density at radius 2 is 1.50 bits per heavy atom. The van der Waals surface area contributed by atoms with Crippen molar-refractivity contribution in [3.05, 3.63) is 132 Å². The fraction of sp³-hybridized carbons (Fsp3) is 0.121. The fourth-order valence-electron chi connectivity index (χ4n) is 4.02. The largest absolute Gasteiger partial charge is 0.494 e. The van der Waals surface area contributed by atoms with Gasteiger partial charge in [-0.3, -0.25) is 4.79 Å². The maximum absolute atomic E-state index is 12.6. The van der Waals surface area contributed by atoms with E-state index in [-0.39, 0.29) is 5.91 Å². The van der Waals surface area contributed by atoms with Gasteiger partial charge in [0.25, 0.3) is 5.91 Å². The minimum atomic E-state index is -0.310. The van der Waals surface area contributed by atoms with Crippen molar-refractivity contribution in [2.75, 3.05) is 6.61 Å². The summed E-state index contributed by atoms with van der Waals surface area (Å²) in [5.74, 6) is 1.19. The monoisotopic (exact) mass is 530 g/mol. The molecule has 0 fully saturated rings. The standard InChI is InChI=1S/C33H30N4O3/c1-2-21-39-30-19-15-27(16-20-30)33(38)35-34-22-28-23-37(29-11-7-4-8-12-29)36-32(28)26-13-17-31(18-14-26)40-24-25-9-5-3-6-10-25/h3-20,22-23H,2,21,24H2,1H3,(H,35,38). The van der Waals surface area contributed by atoms with E-state index in [0.29, 0.717) is 18.8 Å². The third-order valence-electron chi connectivity index (χ3n) is 6.10. The number of benzene rings is 4. The molecule has 0 spiro atoms. The minimum absolute atomic E-state index is 0.310. The molecule has 0 aliphatic rings. The van der Waals surface area contributed by atoms with Gasteiger partial charge in [-0.1, -0.05) is 55.5 Å². The molecule has 0 aliphatic heterocycles. The van der Waals surface area contributed by atoms with E-state index in [9.17, 15) is 4.79 Å². The topological polar surface area (TPSA) is 77.7 Å². The highest BCUT2D eigenvalue weighted by atomic mass is 16.5. The van der Waals surface area contributed by atoms with Crippen molar-refractivity contribution >= 4 is 12.1 Å². The molecule has 0 radical (unpaired) electrons. The molecule has 1 heterocycles. The Bertz CT molecular complexity index is 1550. The van der Waals surface area contributed by atoms with Crippen LogP contribution in [0.1, 0.15) is 34.8 Å². The Hall–Kier alpha value is -5.17. The molecule has 0 bridgehead atoms. The van der Waals surface area contributed by atoms with Gasteiger partial charge in [-0.15, -0.1) is 0 Å². The number of nitrogens with one attached hydrogen (secondary N) is 1. The van der Waals surface area contributed by atoms with Crippen LogP contribution in [0.4, 0.5) is 0 Å². The van der Waals surface area contributed by atoms with Crippen molar-refractivity contribution in [3.63, 3.8) is 0 Å². The van der Waals surface area contributed by atoms with Gasteiger partial charge >= 0.3 is 0 Å². The molecular formula is C33H30N4O3. The first-order valence-electron chi connectivity index (χ1n) is 13.2. The first-order chi connectivity index (χ1) is 19.7. The molecule has 0 unspecified atom stereocenters. The number of ether oxygens (including phenoxy) is 2. The maximum atomic E-state index is 12.6. The summed E-state index contributed by atoms with van der Waals surface area (Å²) in [6.07, 6.45) is 4.42. The van der Waals surface area contributed by atoms with Crippen LogP contribution in [0.2, 0.25) is 0 Å². The lowest BCUT2D eigenvalue weighted by atomic mass is 10.1. The molecule has 0 saturated heterocycles. The van der Waals surface area contributed by atoms with Gasteiger partial charge < -0.3 is 9.47 Å². The molecule has 1 N–H and O–H groups in total. The van der Waals surface area contributed by atoms with Crippen LogP contribution in [0.25, 0.3) is 16.9 Å². The highest BCUT2D eigenvalue weighted by Crippen LogP contribution is 2.25. The van der Waals surface area contributed by atoms with Crippen LogP contribution >= 0.6 is 0 Å². The summed E-state index contributed by atoms with van der Waals surface area (Å²) in [5, 5.41) is 9.05. The van der Waals surface area contributed by atoms with Crippen LogP contribution in [-0.4, -0.2) is 28.5 Å². The first-order valence-corrected chi connectivity index (χ1v) is 13.2. The van der Waals surface area contributed by atoms with Gasteiger partial charge in [0, 0.05) is 22.9 Å². The summed E-state index contributed by atoms with van der Waals surface area (Å²) in [7, 11) is 0. The van der Waals surface area contributed by atoms with Crippen LogP contribution < -0.4 is 14.9 Å². The van der Waals surface area contributed by atoms with Gasteiger partial charge in [0.15, 0.2) is 0 Å². The summed E-state index contributed by atoms with van der Waals surface area (Å²) in [4.78, 5) is 12.6. The van der Waals surface area contributed by atoms with Gasteiger partial charge in [0.05, 0.1) is 18.5 Å². The van der Waals surface area contributed by atoms with E-state index in [2.05, 4.69) is 10.5 Å². The van der Waals surface area contributed by atoms with Crippen molar-refractivity contribution in [3.8, 4) is 28.4 Å². The number of amides is 1. The summed E-state index contributed by atoms with van der Waals surface area (Å²) in [6.45, 7) is 3.18. The quantitative estimate of drug-likeness (QED) is 0.153. The van der Waals surface area contributed by atoms with E-state index in [0.717, 1.165) is 46.0 Å². The number of hydrogen-bond donors (Lipinski definition) is 1. The third-order valence-corrected chi connectivity index (χ3v) is 6.10. The Morgan fingerprint density at radius 3 is 2.20 bits per heavy atom. The van der Waals surface area contributed by atoms with Crippen molar-refractivity contribution in [2.45, 2.75) is 20.0 Å². The van der Waals surface area contributed by atoms with E-state index in [1.54, 1.807) is 35.2 Å². The molecule has 200 valence electrons. The van der Waals surface area contributed by atoms with Gasteiger partial charge in [-0.25, -0.2) is 10.1 Å². The molecule has 0 aliphatic carbocycles.